The Balaban J connectivity index is 1.56. The number of amides is 2. The van der Waals surface area contributed by atoms with E-state index in [9.17, 15) is 9.59 Å². The van der Waals surface area contributed by atoms with Crippen molar-refractivity contribution in [3.63, 3.8) is 0 Å². The van der Waals surface area contributed by atoms with Crippen LogP contribution in [0.2, 0.25) is 0 Å². The number of anilines is 1. The molecule has 1 aromatic carbocycles. The number of hydrogen-bond donors (Lipinski definition) is 2. The summed E-state index contributed by atoms with van der Waals surface area (Å²) in [6, 6.07) is 9.00. The molecule has 1 fully saturated rings. The van der Waals surface area contributed by atoms with E-state index in [4.69, 9.17) is 0 Å². The summed E-state index contributed by atoms with van der Waals surface area (Å²) < 4.78 is 2.06. The molecule has 1 saturated carbocycles. The third-order valence-electron chi connectivity index (χ3n) is 4.23. The summed E-state index contributed by atoms with van der Waals surface area (Å²) in [6.07, 6.45) is 5.64. The van der Waals surface area contributed by atoms with Crippen LogP contribution >= 0.6 is 0 Å². The highest BCUT2D eigenvalue weighted by Gasteiger charge is 2.25. The molecule has 126 valence electrons. The van der Waals surface area contributed by atoms with Crippen LogP contribution in [0.25, 0.3) is 11.2 Å². The smallest absolute Gasteiger partial charge is 0.257 e. The second-order valence-electron chi connectivity index (χ2n) is 6.06. The summed E-state index contributed by atoms with van der Waals surface area (Å²) in [5.41, 5.74) is 2.98. The molecule has 0 spiro atoms. The lowest BCUT2D eigenvalue weighted by molar-refractivity contribution is 0.0961. The van der Waals surface area contributed by atoms with Gasteiger partial charge in [-0.1, -0.05) is 6.07 Å². The van der Waals surface area contributed by atoms with E-state index in [0.29, 0.717) is 28.4 Å². The minimum Gasteiger partial charge on any atom is -0.355 e. The molecular formula is C18H17N5O2. The van der Waals surface area contributed by atoms with Crippen molar-refractivity contribution in [1.82, 2.24) is 19.9 Å². The van der Waals surface area contributed by atoms with Gasteiger partial charge in [-0.15, -0.1) is 0 Å². The van der Waals surface area contributed by atoms with Crippen LogP contribution in [0.3, 0.4) is 0 Å². The van der Waals surface area contributed by atoms with Crippen LogP contribution in [0.1, 0.15) is 39.6 Å². The molecule has 2 N–H and O–H groups in total. The van der Waals surface area contributed by atoms with E-state index in [0.717, 1.165) is 18.5 Å². The molecule has 2 heterocycles. The number of hydrogen-bond acceptors (Lipinski definition) is 4. The maximum absolute atomic E-state index is 12.5. The lowest BCUT2D eigenvalue weighted by atomic mass is 10.1. The van der Waals surface area contributed by atoms with Crippen molar-refractivity contribution in [2.24, 2.45) is 0 Å². The Morgan fingerprint density at radius 3 is 2.72 bits per heavy atom. The van der Waals surface area contributed by atoms with Gasteiger partial charge in [-0.05, 0) is 37.1 Å². The van der Waals surface area contributed by atoms with Gasteiger partial charge in [-0.2, -0.15) is 0 Å². The minimum absolute atomic E-state index is 0.204. The first kappa shape index (κ1) is 15.3. The van der Waals surface area contributed by atoms with Gasteiger partial charge in [0.1, 0.15) is 5.52 Å². The summed E-state index contributed by atoms with van der Waals surface area (Å²) >= 11 is 0. The number of carbonyl (C=O) groups excluding carboxylic acids is 2. The minimum atomic E-state index is -0.288. The van der Waals surface area contributed by atoms with Crippen molar-refractivity contribution in [1.29, 1.82) is 0 Å². The highest BCUT2D eigenvalue weighted by atomic mass is 16.2. The Bertz CT molecular complexity index is 975. The highest BCUT2D eigenvalue weighted by molar-refractivity contribution is 6.06. The summed E-state index contributed by atoms with van der Waals surface area (Å²) in [5.74, 6) is -0.491. The van der Waals surface area contributed by atoms with Crippen molar-refractivity contribution in [2.45, 2.75) is 18.9 Å². The number of rotatable bonds is 4. The molecule has 7 heteroatoms. The Labute approximate surface area is 144 Å². The van der Waals surface area contributed by atoms with E-state index >= 15 is 0 Å². The van der Waals surface area contributed by atoms with Gasteiger partial charge in [-0.25, -0.2) is 9.97 Å². The van der Waals surface area contributed by atoms with Gasteiger partial charge >= 0.3 is 0 Å². The summed E-state index contributed by atoms with van der Waals surface area (Å²) in [7, 11) is 1.56. The van der Waals surface area contributed by atoms with E-state index in [1.165, 1.54) is 0 Å². The third-order valence-corrected chi connectivity index (χ3v) is 4.23. The maximum Gasteiger partial charge on any atom is 0.257 e. The Hall–Kier alpha value is -3.22. The molecule has 2 aromatic heterocycles. The molecule has 25 heavy (non-hydrogen) atoms. The normalized spacial score (nSPS) is 13.6. The van der Waals surface area contributed by atoms with Crippen molar-refractivity contribution < 1.29 is 9.59 Å². The quantitative estimate of drug-likeness (QED) is 0.766. The van der Waals surface area contributed by atoms with Gasteiger partial charge in [0.2, 0.25) is 0 Å². The van der Waals surface area contributed by atoms with E-state index in [2.05, 4.69) is 25.2 Å². The number of fused-ring (bicyclic) bond motifs is 1. The molecule has 0 radical (unpaired) electrons. The predicted molar refractivity (Wildman–Crippen MR) is 93.6 cm³/mol. The monoisotopic (exact) mass is 335 g/mol. The van der Waals surface area contributed by atoms with E-state index in [1.54, 1.807) is 49.9 Å². The van der Waals surface area contributed by atoms with Gasteiger partial charge in [0.15, 0.2) is 5.65 Å². The van der Waals surface area contributed by atoms with Gasteiger partial charge in [0, 0.05) is 30.5 Å². The zero-order chi connectivity index (χ0) is 17.4. The lowest BCUT2D eigenvalue weighted by Gasteiger charge is -2.07. The topological polar surface area (TPSA) is 88.9 Å². The van der Waals surface area contributed by atoms with Crippen LogP contribution < -0.4 is 10.6 Å². The first-order valence-corrected chi connectivity index (χ1v) is 8.12. The standard InChI is InChI=1S/C18H17N5O2/c1-19-17(24)11-3-2-4-13(7-11)22-18(25)12-8-15-16(20-9-12)23(10-21-15)14-5-6-14/h2-4,7-10,14H,5-6H2,1H3,(H,19,24)(H,22,25). The Morgan fingerprint density at radius 1 is 1.12 bits per heavy atom. The average Bonchev–Trinajstić information content (AvgIpc) is 3.40. The first-order chi connectivity index (χ1) is 12.2. The van der Waals surface area contributed by atoms with Crippen LogP contribution in [-0.4, -0.2) is 33.4 Å². The molecule has 7 nitrogen and oxygen atoms in total. The third kappa shape index (κ3) is 2.96. The van der Waals surface area contributed by atoms with Gasteiger partial charge in [-0.3, -0.25) is 9.59 Å². The van der Waals surface area contributed by atoms with E-state index in [1.807, 2.05) is 0 Å². The fraction of sp³-hybridized carbons (Fsp3) is 0.222. The van der Waals surface area contributed by atoms with Gasteiger partial charge in [0.25, 0.3) is 11.8 Å². The van der Waals surface area contributed by atoms with Crippen molar-refractivity contribution in [3.05, 3.63) is 54.0 Å². The number of imidazole rings is 1. The molecule has 1 aliphatic carbocycles. The van der Waals surface area contributed by atoms with E-state index < -0.39 is 0 Å². The van der Waals surface area contributed by atoms with Crippen LogP contribution in [0.15, 0.2) is 42.9 Å². The molecule has 0 aliphatic heterocycles. The fourth-order valence-electron chi connectivity index (χ4n) is 2.75. The second kappa shape index (κ2) is 6.01. The molecule has 1 aliphatic rings. The van der Waals surface area contributed by atoms with Crippen LogP contribution in [0, 0.1) is 0 Å². The Kier molecular flexibility index (Phi) is 3.68. The second-order valence-corrected chi connectivity index (χ2v) is 6.06. The summed E-state index contributed by atoms with van der Waals surface area (Å²) in [4.78, 5) is 32.9. The zero-order valence-corrected chi connectivity index (χ0v) is 13.7. The highest BCUT2D eigenvalue weighted by Crippen LogP contribution is 2.36. The fourth-order valence-corrected chi connectivity index (χ4v) is 2.75. The number of benzene rings is 1. The summed E-state index contributed by atoms with van der Waals surface area (Å²) in [5, 5.41) is 5.35. The SMILES string of the molecule is CNC(=O)c1cccc(NC(=O)c2cnc3c(c2)ncn3C2CC2)c1. The molecule has 0 atom stereocenters. The van der Waals surface area contributed by atoms with Gasteiger partial charge in [0.05, 0.1) is 11.9 Å². The molecule has 4 rings (SSSR count). The number of aromatic nitrogens is 3. The van der Waals surface area contributed by atoms with E-state index in [-0.39, 0.29) is 11.8 Å². The predicted octanol–water partition coefficient (Wildman–Crippen LogP) is 2.38. The van der Waals surface area contributed by atoms with Crippen LogP contribution in [0.4, 0.5) is 5.69 Å². The summed E-state index contributed by atoms with van der Waals surface area (Å²) in [6.45, 7) is 0. The average molecular weight is 335 g/mol. The molecular weight excluding hydrogens is 318 g/mol. The number of pyridine rings is 1. The van der Waals surface area contributed by atoms with Crippen molar-refractivity contribution >= 4 is 28.7 Å². The number of nitrogens with zero attached hydrogens (tertiary/aromatic N) is 3. The lowest BCUT2D eigenvalue weighted by Crippen LogP contribution is -2.18. The Morgan fingerprint density at radius 2 is 1.96 bits per heavy atom. The number of nitrogens with one attached hydrogen (secondary N) is 2. The van der Waals surface area contributed by atoms with Crippen molar-refractivity contribution in [3.8, 4) is 0 Å². The largest absolute Gasteiger partial charge is 0.355 e. The van der Waals surface area contributed by atoms with Crippen LogP contribution in [0.5, 0.6) is 0 Å². The van der Waals surface area contributed by atoms with Crippen LogP contribution in [-0.2, 0) is 0 Å². The number of carbonyl (C=O) groups is 2. The zero-order valence-electron chi connectivity index (χ0n) is 13.7. The van der Waals surface area contributed by atoms with Gasteiger partial charge < -0.3 is 15.2 Å². The molecule has 0 bridgehead atoms. The molecule has 0 saturated heterocycles. The first-order valence-electron chi connectivity index (χ1n) is 8.12. The maximum atomic E-state index is 12.5. The molecule has 3 aromatic rings. The molecule has 0 unspecified atom stereocenters. The van der Waals surface area contributed by atoms with Crippen molar-refractivity contribution in [2.75, 3.05) is 12.4 Å². The molecule has 2 amide bonds.